The molecule has 274 valence electrons. The van der Waals surface area contributed by atoms with Crippen molar-refractivity contribution in [3.63, 3.8) is 0 Å². The van der Waals surface area contributed by atoms with Crippen LogP contribution in [-0.2, 0) is 30.3 Å². The Labute approximate surface area is 297 Å². The van der Waals surface area contributed by atoms with Gasteiger partial charge in [-0.05, 0) is 77.6 Å². The first-order valence-electron chi connectivity index (χ1n) is 17.4. The minimum Gasteiger partial charge on any atom is -0.488 e. The first kappa shape index (κ1) is 36.7. The molecule has 4 aromatic rings. The molecule has 2 aromatic carbocycles. The van der Waals surface area contributed by atoms with Gasteiger partial charge in [0.2, 0.25) is 0 Å². The zero-order valence-electron chi connectivity index (χ0n) is 30.3. The highest BCUT2D eigenvalue weighted by molar-refractivity contribution is 5.83. The fourth-order valence-electron chi connectivity index (χ4n) is 6.91. The lowest BCUT2D eigenvalue weighted by Crippen LogP contribution is -2.46. The topological polar surface area (TPSA) is 104 Å². The van der Waals surface area contributed by atoms with Crippen LogP contribution in [0.1, 0.15) is 70.3 Å². The van der Waals surface area contributed by atoms with E-state index in [2.05, 4.69) is 11.8 Å². The van der Waals surface area contributed by atoms with E-state index in [-0.39, 0.29) is 19.0 Å². The van der Waals surface area contributed by atoms with Crippen LogP contribution in [0.5, 0.6) is 5.75 Å². The van der Waals surface area contributed by atoms with Gasteiger partial charge in [-0.2, -0.15) is 0 Å². The van der Waals surface area contributed by atoms with E-state index in [1.54, 1.807) is 6.07 Å². The lowest BCUT2D eigenvalue weighted by atomic mass is 9.92. The Bertz CT molecular complexity index is 1910. The van der Waals surface area contributed by atoms with Crippen LogP contribution < -0.4 is 9.64 Å². The number of fused-ring (bicyclic) bond motifs is 8. The number of aromatic nitrogens is 2. The van der Waals surface area contributed by atoms with Crippen molar-refractivity contribution in [3.8, 4) is 28.1 Å². The maximum Gasteiger partial charge on any atom is 0.339 e. The number of halogens is 2. The second kappa shape index (κ2) is 14.5. The van der Waals surface area contributed by atoms with Crippen molar-refractivity contribution in [2.24, 2.45) is 0 Å². The minimum absolute atomic E-state index is 0.179. The van der Waals surface area contributed by atoms with Gasteiger partial charge in [-0.3, -0.25) is 4.40 Å². The van der Waals surface area contributed by atoms with Gasteiger partial charge in [0, 0.05) is 47.6 Å². The lowest BCUT2D eigenvalue weighted by Gasteiger charge is -2.42. The molecule has 0 amide bonds. The van der Waals surface area contributed by atoms with Crippen molar-refractivity contribution < 1.29 is 42.4 Å². The summed E-state index contributed by atoms with van der Waals surface area (Å²) < 4.78 is 61.3. The number of rotatable bonds is 4. The van der Waals surface area contributed by atoms with Crippen LogP contribution in [0.3, 0.4) is 0 Å². The predicted octanol–water partition coefficient (Wildman–Crippen LogP) is 6.95. The molecular weight excluding hydrogens is 660 g/mol. The van der Waals surface area contributed by atoms with Crippen molar-refractivity contribution in [1.82, 2.24) is 9.38 Å². The number of benzene rings is 2. The number of anilines is 1. The summed E-state index contributed by atoms with van der Waals surface area (Å²) in [5.41, 5.74) is 3.41. The summed E-state index contributed by atoms with van der Waals surface area (Å²) in [4.78, 5) is 20.8. The molecule has 0 aliphatic carbocycles. The van der Waals surface area contributed by atoms with E-state index < -0.39 is 41.0 Å². The maximum atomic E-state index is 14.7. The van der Waals surface area contributed by atoms with Gasteiger partial charge in [0.15, 0.2) is 17.7 Å². The normalized spacial score (nSPS) is 20.6. The summed E-state index contributed by atoms with van der Waals surface area (Å²) in [6, 6.07) is 9.53. The van der Waals surface area contributed by atoms with E-state index >= 15 is 0 Å². The summed E-state index contributed by atoms with van der Waals surface area (Å²) in [6.07, 6.45) is 1.71. The number of carbonyl (C=O) groups is 1. The molecule has 2 aromatic heterocycles. The smallest absolute Gasteiger partial charge is 0.339 e. The molecule has 6 bridgehead atoms. The zero-order valence-corrected chi connectivity index (χ0v) is 30.3. The van der Waals surface area contributed by atoms with Crippen LogP contribution in [0.4, 0.5) is 14.6 Å². The third-order valence-electron chi connectivity index (χ3n) is 9.58. The summed E-state index contributed by atoms with van der Waals surface area (Å²) in [7, 11) is 1.33. The Kier molecular flexibility index (Phi) is 10.4. The van der Waals surface area contributed by atoms with E-state index in [1.807, 2.05) is 63.4 Å². The van der Waals surface area contributed by atoms with Crippen LogP contribution >= 0.6 is 0 Å². The number of methoxy groups -OCH3 is 1. The molecule has 7 rings (SSSR count). The highest BCUT2D eigenvalue weighted by Crippen LogP contribution is 2.42. The molecule has 2 atom stereocenters. The second-order valence-electron chi connectivity index (χ2n) is 14.6. The first-order chi connectivity index (χ1) is 24.2. The minimum atomic E-state index is -1.10. The number of carbonyl (C=O) groups excluding carboxylic acids is 1. The Morgan fingerprint density at radius 1 is 1.12 bits per heavy atom. The van der Waals surface area contributed by atoms with E-state index in [0.29, 0.717) is 89.7 Å². The number of hydrogen-bond acceptors (Lipinski definition) is 9. The highest BCUT2D eigenvalue weighted by Gasteiger charge is 2.38. The summed E-state index contributed by atoms with van der Waals surface area (Å²) in [5.74, 6) is -1.69. The average Bonchev–Trinajstić information content (AvgIpc) is 3.52. The molecule has 10 nitrogen and oxygen atoms in total. The van der Waals surface area contributed by atoms with E-state index in [0.717, 1.165) is 12.1 Å². The number of pyridine rings is 1. The van der Waals surface area contributed by atoms with E-state index in [1.165, 1.54) is 7.11 Å². The summed E-state index contributed by atoms with van der Waals surface area (Å²) >= 11 is 0. The number of nitrogens with zero attached hydrogens (tertiary/aromatic N) is 3. The van der Waals surface area contributed by atoms with Crippen molar-refractivity contribution in [3.05, 3.63) is 70.9 Å². The maximum absolute atomic E-state index is 14.7. The monoisotopic (exact) mass is 707 g/mol. The molecule has 0 saturated carbocycles. The Morgan fingerprint density at radius 3 is 2.51 bits per heavy atom. The van der Waals surface area contributed by atoms with Gasteiger partial charge in [0.25, 0.3) is 0 Å². The molecule has 12 heteroatoms. The molecule has 1 N–H and O–H groups in total. The fourth-order valence-corrected chi connectivity index (χ4v) is 6.91. The number of ether oxygens (including phenoxy) is 5. The van der Waals surface area contributed by atoms with Gasteiger partial charge < -0.3 is 33.7 Å². The van der Waals surface area contributed by atoms with Gasteiger partial charge in [0.05, 0.1) is 50.4 Å². The van der Waals surface area contributed by atoms with Gasteiger partial charge in [-0.15, -0.1) is 0 Å². The second-order valence-corrected chi connectivity index (χ2v) is 14.6. The van der Waals surface area contributed by atoms with Gasteiger partial charge in [-0.1, -0.05) is 18.2 Å². The number of imidazole rings is 1. The van der Waals surface area contributed by atoms with Gasteiger partial charge in [0.1, 0.15) is 23.3 Å². The molecule has 3 aliphatic heterocycles. The van der Waals surface area contributed by atoms with Crippen LogP contribution in [0, 0.1) is 18.6 Å². The largest absolute Gasteiger partial charge is 0.488 e. The molecule has 3 aliphatic rings. The number of hydrogen-bond donors (Lipinski definition) is 1. The number of aliphatic hydroxyl groups excluding tert-OH is 1. The SMILES string of the molecule is COC(=O)[C@@H](OC(C)(C)C)c1c(C)c(CO)c2nc3cn2c1N1CCC(C)(CC1)OCCOC[C@H](C)Oc1cc(F)c(F)cc1-c1cccc-3c1. The van der Waals surface area contributed by atoms with Crippen molar-refractivity contribution in [2.45, 2.75) is 84.4 Å². The van der Waals surface area contributed by atoms with Gasteiger partial charge >= 0.3 is 5.97 Å². The van der Waals surface area contributed by atoms with Crippen LogP contribution in [0.15, 0.2) is 42.6 Å². The number of piperidine rings is 1. The van der Waals surface area contributed by atoms with Gasteiger partial charge in [-0.25, -0.2) is 18.6 Å². The number of esters is 1. The van der Waals surface area contributed by atoms with E-state index in [4.69, 9.17) is 28.7 Å². The molecule has 1 fully saturated rings. The molecule has 0 unspecified atom stereocenters. The third-order valence-corrected chi connectivity index (χ3v) is 9.58. The first-order valence-corrected chi connectivity index (χ1v) is 17.4. The molecule has 0 radical (unpaired) electrons. The zero-order chi connectivity index (χ0) is 36.7. The lowest BCUT2D eigenvalue weighted by molar-refractivity contribution is -0.164. The highest BCUT2D eigenvalue weighted by atomic mass is 19.2. The van der Waals surface area contributed by atoms with Crippen molar-refractivity contribution in [1.29, 1.82) is 0 Å². The van der Waals surface area contributed by atoms with Crippen molar-refractivity contribution >= 4 is 17.4 Å². The predicted molar refractivity (Wildman–Crippen MR) is 189 cm³/mol. The Morgan fingerprint density at radius 2 is 1.82 bits per heavy atom. The molecule has 0 spiro atoms. The summed E-state index contributed by atoms with van der Waals surface area (Å²) in [6.45, 7) is 13.2. The average molecular weight is 708 g/mol. The molecule has 51 heavy (non-hydrogen) atoms. The quantitative estimate of drug-likeness (QED) is 0.178. The Balaban J connectivity index is 1.60. The third kappa shape index (κ3) is 7.60. The van der Waals surface area contributed by atoms with Crippen LogP contribution in [0.25, 0.3) is 28.0 Å². The molecule has 1 saturated heterocycles. The molecular formula is C39H47F2N3O7. The number of aliphatic hydroxyl groups is 1. The van der Waals surface area contributed by atoms with Crippen LogP contribution in [0.2, 0.25) is 0 Å². The fraction of sp³-hybridized carbons (Fsp3) is 0.487. The van der Waals surface area contributed by atoms with Crippen LogP contribution in [-0.4, -0.2) is 77.8 Å². The van der Waals surface area contributed by atoms with Crippen molar-refractivity contribution in [2.75, 3.05) is 44.9 Å². The standard InChI is InChI=1S/C39H47F2N3O7/c1-23-22-48-15-16-49-39(6)11-13-43(14-12-39)36-33(34(37(46)47-7)51-38(3,4)5)24(2)28(21-45)35-42-31(20-44(35)36)26-10-8-9-25(17-26)27-18-29(40)30(41)19-32(27)50-23/h8-10,17-20,23,34,45H,11-16,21-22H2,1-7H3/t23-,34-/m0/s1. The summed E-state index contributed by atoms with van der Waals surface area (Å²) in [5, 5.41) is 10.8. The molecule has 5 heterocycles. The Hall–Kier alpha value is -4.10. The van der Waals surface area contributed by atoms with E-state index in [9.17, 15) is 18.7 Å².